The van der Waals surface area contributed by atoms with Gasteiger partial charge < -0.3 is 15.5 Å². The second-order valence-corrected chi connectivity index (χ2v) is 6.25. The first-order valence-corrected chi connectivity index (χ1v) is 9.12. The minimum atomic E-state index is -0.233. The minimum Gasteiger partial charge on any atom is -0.350 e. The molecule has 0 atom stereocenters. The molecule has 9 heteroatoms. The van der Waals surface area contributed by atoms with E-state index in [-0.39, 0.29) is 11.9 Å². The van der Waals surface area contributed by atoms with Crippen LogP contribution in [0.1, 0.15) is 29.9 Å². The Labute approximate surface area is 157 Å². The van der Waals surface area contributed by atoms with Gasteiger partial charge in [-0.15, -0.1) is 0 Å². The standard InChI is InChI=1S/C18H24N6O3/c1-3-14-17(22(4-2)12-25)24-11-13(5-6-15(24)21-14)16(26)19-7-9-23-10-8-20-18(23)27/h5-6,11-12H,3-4,7-10H2,1-2H3,(H,19,26)(H,20,27). The molecule has 4 amide bonds. The lowest BCUT2D eigenvalue weighted by atomic mass is 10.2. The van der Waals surface area contributed by atoms with Crippen LogP contribution in [0.2, 0.25) is 0 Å². The van der Waals surface area contributed by atoms with Crippen molar-refractivity contribution in [2.75, 3.05) is 37.6 Å². The lowest BCUT2D eigenvalue weighted by Crippen LogP contribution is -2.36. The van der Waals surface area contributed by atoms with Crippen molar-refractivity contribution in [3.05, 3.63) is 29.6 Å². The zero-order chi connectivity index (χ0) is 19.4. The van der Waals surface area contributed by atoms with E-state index in [4.69, 9.17) is 0 Å². The summed E-state index contributed by atoms with van der Waals surface area (Å²) in [4.78, 5) is 43.2. The molecule has 0 saturated carbocycles. The van der Waals surface area contributed by atoms with E-state index in [9.17, 15) is 14.4 Å². The fourth-order valence-corrected chi connectivity index (χ4v) is 3.16. The molecule has 0 aromatic carbocycles. The lowest BCUT2D eigenvalue weighted by Gasteiger charge is -2.16. The molecule has 9 nitrogen and oxygen atoms in total. The second-order valence-electron chi connectivity index (χ2n) is 6.25. The lowest BCUT2D eigenvalue weighted by molar-refractivity contribution is -0.107. The molecule has 1 aliphatic heterocycles. The van der Waals surface area contributed by atoms with Crippen LogP contribution >= 0.6 is 0 Å². The smallest absolute Gasteiger partial charge is 0.317 e. The van der Waals surface area contributed by atoms with Crippen LogP contribution in [-0.4, -0.2) is 65.4 Å². The van der Waals surface area contributed by atoms with E-state index < -0.39 is 0 Å². The summed E-state index contributed by atoms with van der Waals surface area (Å²) in [5.74, 6) is 0.455. The maximum Gasteiger partial charge on any atom is 0.317 e. The zero-order valence-electron chi connectivity index (χ0n) is 15.6. The Morgan fingerprint density at radius 1 is 1.41 bits per heavy atom. The summed E-state index contributed by atoms with van der Waals surface area (Å²) in [5, 5.41) is 5.56. The Balaban J connectivity index is 1.78. The third kappa shape index (κ3) is 3.71. The topological polar surface area (TPSA) is 99.1 Å². The molecule has 0 unspecified atom stereocenters. The summed E-state index contributed by atoms with van der Waals surface area (Å²) in [5.41, 5.74) is 1.96. The number of fused-ring (bicyclic) bond motifs is 1. The molecular formula is C18H24N6O3. The molecule has 3 heterocycles. The molecule has 0 radical (unpaired) electrons. The van der Waals surface area contributed by atoms with Crippen LogP contribution in [0.15, 0.2) is 18.3 Å². The van der Waals surface area contributed by atoms with Crippen molar-refractivity contribution in [2.45, 2.75) is 20.3 Å². The van der Waals surface area contributed by atoms with Gasteiger partial charge >= 0.3 is 6.03 Å². The molecule has 1 aliphatic rings. The van der Waals surface area contributed by atoms with Crippen LogP contribution in [0.25, 0.3) is 5.65 Å². The number of amides is 4. The molecule has 0 bridgehead atoms. The monoisotopic (exact) mass is 372 g/mol. The van der Waals surface area contributed by atoms with E-state index in [1.807, 2.05) is 13.8 Å². The maximum absolute atomic E-state index is 12.5. The summed E-state index contributed by atoms with van der Waals surface area (Å²) in [7, 11) is 0. The van der Waals surface area contributed by atoms with Crippen LogP contribution in [0.5, 0.6) is 0 Å². The minimum absolute atomic E-state index is 0.102. The number of rotatable bonds is 8. The molecule has 2 aromatic rings. The molecule has 1 saturated heterocycles. The molecule has 2 aromatic heterocycles. The van der Waals surface area contributed by atoms with Gasteiger partial charge in [0.1, 0.15) is 11.5 Å². The van der Waals surface area contributed by atoms with Gasteiger partial charge in [0.25, 0.3) is 5.91 Å². The number of aryl methyl sites for hydroxylation is 1. The van der Waals surface area contributed by atoms with Gasteiger partial charge in [-0.25, -0.2) is 9.78 Å². The molecule has 144 valence electrons. The van der Waals surface area contributed by atoms with Gasteiger partial charge in [-0.05, 0) is 25.5 Å². The van der Waals surface area contributed by atoms with Crippen molar-refractivity contribution in [3.8, 4) is 0 Å². The summed E-state index contributed by atoms with van der Waals surface area (Å²) >= 11 is 0. The Morgan fingerprint density at radius 3 is 2.85 bits per heavy atom. The third-order valence-electron chi connectivity index (χ3n) is 4.61. The number of anilines is 1. The van der Waals surface area contributed by atoms with E-state index in [1.54, 1.807) is 32.5 Å². The highest BCUT2D eigenvalue weighted by molar-refractivity contribution is 5.94. The third-order valence-corrected chi connectivity index (χ3v) is 4.61. The average molecular weight is 372 g/mol. The quantitative estimate of drug-likeness (QED) is 0.664. The first-order valence-electron chi connectivity index (χ1n) is 9.12. The normalized spacial score (nSPS) is 13.7. The van der Waals surface area contributed by atoms with Crippen molar-refractivity contribution in [2.24, 2.45) is 0 Å². The highest BCUT2D eigenvalue weighted by atomic mass is 16.2. The van der Waals surface area contributed by atoms with Crippen LogP contribution in [-0.2, 0) is 11.2 Å². The fraction of sp³-hybridized carbons (Fsp3) is 0.444. The molecule has 1 fully saturated rings. The van der Waals surface area contributed by atoms with Gasteiger partial charge in [0.05, 0.1) is 11.3 Å². The summed E-state index contributed by atoms with van der Waals surface area (Å²) in [6.45, 7) is 6.50. The Bertz CT molecular complexity index is 862. The summed E-state index contributed by atoms with van der Waals surface area (Å²) in [6.07, 6.45) is 3.15. The predicted molar refractivity (Wildman–Crippen MR) is 101 cm³/mol. The molecule has 27 heavy (non-hydrogen) atoms. The van der Waals surface area contributed by atoms with Gasteiger partial charge in [-0.2, -0.15) is 0 Å². The van der Waals surface area contributed by atoms with Crippen LogP contribution in [0.4, 0.5) is 10.6 Å². The Morgan fingerprint density at radius 2 is 2.22 bits per heavy atom. The number of carbonyl (C=O) groups excluding carboxylic acids is 3. The largest absolute Gasteiger partial charge is 0.350 e. The highest BCUT2D eigenvalue weighted by Crippen LogP contribution is 2.23. The molecule has 2 N–H and O–H groups in total. The van der Waals surface area contributed by atoms with E-state index in [2.05, 4.69) is 15.6 Å². The fourth-order valence-electron chi connectivity index (χ4n) is 3.16. The summed E-state index contributed by atoms with van der Waals surface area (Å²) in [6, 6.07) is 3.37. The van der Waals surface area contributed by atoms with Crippen LogP contribution in [0, 0.1) is 0 Å². The molecule has 3 rings (SSSR count). The molecule has 0 spiro atoms. The average Bonchev–Trinajstić information content (AvgIpc) is 3.26. The number of carbonyl (C=O) groups is 3. The number of hydrogen-bond acceptors (Lipinski definition) is 4. The SMILES string of the molecule is CCc1nc2ccc(C(=O)NCCN3CCNC3=O)cn2c1N(C=O)CC. The van der Waals surface area contributed by atoms with Gasteiger partial charge in [-0.3, -0.25) is 18.9 Å². The summed E-state index contributed by atoms with van der Waals surface area (Å²) < 4.78 is 1.78. The number of urea groups is 1. The Kier molecular flexibility index (Phi) is 5.58. The number of nitrogens with zero attached hydrogens (tertiary/aromatic N) is 4. The van der Waals surface area contributed by atoms with Crippen molar-refractivity contribution >= 4 is 29.8 Å². The van der Waals surface area contributed by atoms with E-state index in [1.165, 1.54) is 0 Å². The van der Waals surface area contributed by atoms with Crippen molar-refractivity contribution in [3.63, 3.8) is 0 Å². The van der Waals surface area contributed by atoms with E-state index in [0.717, 1.165) is 12.1 Å². The number of pyridine rings is 1. The van der Waals surface area contributed by atoms with Crippen molar-refractivity contribution < 1.29 is 14.4 Å². The Hall–Kier alpha value is -3.10. The highest BCUT2D eigenvalue weighted by Gasteiger charge is 2.20. The maximum atomic E-state index is 12.5. The van der Waals surface area contributed by atoms with Crippen LogP contribution in [0.3, 0.4) is 0 Å². The van der Waals surface area contributed by atoms with Crippen LogP contribution < -0.4 is 15.5 Å². The first-order chi connectivity index (χ1) is 13.1. The number of aromatic nitrogens is 2. The number of imidazole rings is 1. The van der Waals surface area contributed by atoms with E-state index in [0.29, 0.717) is 56.2 Å². The van der Waals surface area contributed by atoms with Crippen molar-refractivity contribution in [1.29, 1.82) is 0 Å². The van der Waals surface area contributed by atoms with Gasteiger partial charge in [0.15, 0.2) is 0 Å². The number of hydrogen-bond donors (Lipinski definition) is 2. The van der Waals surface area contributed by atoms with Crippen molar-refractivity contribution in [1.82, 2.24) is 24.9 Å². The van der Waals surface area contributed by atoms with Gasteiger partial charge in [-0.1, -0.05) is 6.92 Å². The second kappa shape index (κ2) is 8.07. The predicted octanol–water partition coefficient (Wildman–Crippen LogP) is 0.634. The van der Waals surface area contributed by atoms with Gasteiger partial charge in [0.2, 0.25) is 6.41 Å². The molecule has 0 aliphatic carbocycles. The molecular weight excluding hydrogens is 348 g/mol. The zero-order valence-corrected chi connectivity index (χ0v) is 15.6. The first kappa shape index (κ1) is 18.7. The van der Waals surface area contributed by atoms with Gasteiger partial charge in [0, 0.05) is 38.9 Å². The van der Waals surface area contributed by atoms with E-state index >= 15 is 0 Å². The number of nitrogens with one attached hydrogen (secondary N) is 2.